The second-order valence-corrected chi connectivity index (χ2v) is 5.93. The van der Waals surface area contributed by atoms with Crippen LogP contribution >= 0.6 is 12.4 Å². The first kappa shape index (κ1) is 15.9. The minimum atomic E-state index is -3.59. The third-order valence-corrected chi connectivity index (χ3v) is 4.69. The smallest absolute Gasteiger partial charge is 0.335 e. The topological polar surface area (TPSA) is 86.7 Å². The second kappa shape index (κ2) is 6.33. The fourth-order valence-corrected chi connectivity index (χ4v) is 3.31. The monoisotopic (exact) mass is 306 g/mol. The molecule has 1 aromatic carbocycles. The molecule has 0 amide bonds. The van der Waals surface area contributed by atoms with Crippen molar-refractivity contribution in [1.82, 2.24) is 9.62 Å². The Balaban J connectivity index is 0.00000180. The molecular weight excluding hydrogens is 292 g/mol. The predicted molar refractivity (Wildman–Crippen MR) is 72.3 cm³/mol. The lowest BCUT2D eigenvalue weighted by Crippen LogP contribution is -2.46. The van der Waals surface area contributed by atoms with E-state index in [4.69, 9.17) is 5.11 Å². The third-order valence-electron chi connectivity index (χ3n) is 2.79. The van der Waals surface area contributed by atoms with E-state index in [0.29, 0.717) is 26.2 Å². The third kappa shape index (κ3) is 3.44. The van der Waals surface area contributed by atoms with Crippen LogP contribution in [0.3, 0.4) is 0 Å². The molecule has 0 atom stereocenters. The van der Waals surface area contributed by atoms with E-state index in [1.165, 1.54) is 28.6 Å². The van der Waals surface area contributed by atoms with Crippen molar-refractivity contribution in [3.05, 3.63) is 29.8 Å². The van der Waals surface area contributed by atoms with E-state index in [1.54, 1.807) is 0 Å². The lowest BCUT2D eigenvalue weighted by atomic mass is 10.2. The van der Waals surface area contributed by atoms with Gasteiger partial charge in [0.1, 0.15) is 0 Å². The van der Waals surface area contributed by atoms with E-state index in [1.807, 2.05) is 0 Å². The maximum atomic E-state index is 12.3. The van der Waals surface area contributed by atoms with Gasteiger partial charge in [0.15, 0.2) is 0 Å². The zero-order valence-electron chi connectivity index (χ0n) is 10.1. The van der Waals surface area contributed by atoms with Crippen molar-refractivity contribution in [3.63, 3.8) is 0 Å². The molecule has 1 aromatic rings. The standard InChI is InChI=1S/C11H14N2O4S.ClH/c14-11(15)9-2-1-3-10(8-9)18(16,17)13-6-4-12-5-7-13;/h1-3,8,12H,4-7H2,(H,14,15);1H. The lowest BCUT2D eigenvalue weighted by molar-refractivity contribution is 0.0696. The number of nitrogens with zero attached hydrogens (tertiary/aromatic N) is 1. The summed E-state index contributed by atoms with van der Waals surface area (Å²) in [6.07, 6.45) is 0. The molecular formula is C11H15ClN2O4S. The highest BCUT2D eigenvalue weighted by atomic mass is 35.5. The number of aromatic carboxylic acids is 1. The molecule has 2 rings (SSSR count). The number of carboxylic acid groups (broad SMARTS) is 1. The van der Waals surface area contributed by atoms with Gasteiger partial charge in [0.2, 0.25) is 10.0 Å². The molecule has 1 aliphatic rings. The van der Waals surface area contributed by atoms with Crippen molar-refractivity contribution < 1.29 is 18.3 Å². The Labute approximate surface area is 117 Å². The summed E-state index contributed by atoms with van der Waals surface area (Å²) < 4.78 is 25.9. The van der Waals surface area contributed by atoms with Gasteiger partial charge in [0.05, 0.1) is 10.5 Å². The zero-order chi connectivity index (χ0) is 13.2. The molecule has 0 spiro atoms. The van der Waals surface area contributed by atoms with Crippen molar-refractivity contribution in [2.45, 2.75) is 4.90 Å². The Morgan fingerprint density at radius 2 is 1.89 bits per heavy atom. The summed E-state index contributed by atoms with van der Waals surface area (Å²) in [5.74, 6) is -1.13. The fraction of sp³-hybridized carbons (Fsp3) is 0.364. The average molecular weight is 307 g/mol. The van der Waals surface area contributed by atoms with Crippen LogP contribution in [0.15, 0.2) is 29.2 Å². The molecule has 0 saturated carbocycles. The Bertz CT molecular complexity index is 556. The van der Waals surface area contributed by atoms with Gasteiger partial charge in [-0.2, -0.15) is 4.31 Å². The highest BCUT2D eigenvalue weighted by molar-refractivity contribution is 7.89. The van der Waals surface area contributed by atoms with Gasteiger partial charge in [-0.25, -0.2) is 13.2 Å². The maximum absolute atomic E-state index is 12.3. The molecule has 0 bridgehead atoms. The number of carboxylic acids is 1. The van der Waals surface area contributed by atoms with Crippen LogP contribution in [-0.4, -0.2) is 50.0 Å². The number of halogens is 1. The summed E-state index contributed by atoms with van der Waals surface area (Å²) in [6.45, 7) is 2.02. The number of piperazine rings is 1. The molecule has 0 unspecified atom stereocenters. The Morgan fingerprint density at radius 3 is 2.47 bits per heavy atom. The molecule has 1 fully saturated rings. The SMILES string of the molecule is Cl.O=C(O)c1cccc(S(=O)(=O)N2CCNCC2)c1. The lowest BCUT2D eigenvalue weighted by Gasteiger charge is -2.26. The van der Waals surface area contributed by atoms with Crippen LogP contribution in [0.25, 0.3) is 0 Å². The molecule has 0 radical (unpaired) electrons. The molecule has 106 valence electrons. The molecule has 1 aliphatic heterocycles. The van der Waals surface area contributed by atoms with Crippen molar-refractivity contribution in [3.8, 4) is 0 Å². The summed E-state index contributed by atoms with van der Waals surface area (Å²) in [7, 11) is -3.59. The van der Waals surface area contributed by atoms with E-state index in [2.05, 4.69) is 5.32 Å². The maximum Gasteiger partial charge on any atom is 0.335 e. The molecule has 19 heavy (non-hydrogen) atoms. The number of hydrogen-bond acceptors (Lipinski definition) is 4. The summed E-state index contributed by atoms with van der Waals surface area (Å²) >= 11 is 0. The summed E-state index contributed by atoms with van der Waals surface area (Å²) in [5, 5.41) is 11.9. The highest BCUT2D eigenvalue weighted by Crippen LogP contribution is 2.17. The van der Waals surface area contributed by atoms with E-state index in [0.717, 1.165) is 0 Å². The zero-order valence-corrected chi connectivity index (χ0v) is 11.7. The summed E-state index contributed by atoms with van der Waals surface area (Å²) in [4.78, 5) is 10.9. The molecule has 1 heterocycles. The van der Waals surface area contributed by atoms with Crippen LogP contribution < -0.4 is 5.32 Å². The Kier molecular flexibility index (Phi) is 5.30. The van der Waals surface area contributed by atoms with Gasteiger partial charge < -0.3 is 10.4 Å². The Morgan fingerprint density at radius 1 is 1.26 bits per heavy atom. The van der Waals surface area contributed by atoms with Crippen molar-refractivity contribution >= 4 is 28.4 Å². The van der Waals surface area contributed by atoms with Crippen LogP contribution in [-0.2, 0) is 10.0 Å². The van der Waals surface area contributed by atoms with Crippen LogP contribution in [0.2, 0.25) is 0 Å². The van der Waals surface area contributed by atoms with Crippen molar-refractivity contribution in [2.24, 2.45) is 0 Å². The van der Waals surface area contributed by atoms with E-state index in [9.17, 15) is 13.2 Å². The van der Waals surface area contributed by atoms with Gasteiger partial charge in [-0.15, -0.1) is 12.4 Å². The molecule has 8 heteroatoms. The fourth-order valence-electron chi connectivity index (χ4n) is 1.82. The van der Waals surface area contributed by atoms with Crippen molar-refractivity contribution in [1.29, 1.82) is 0 Å². The van der Waals surface area contributed by atoms with Crippen LogP contribution in [0.1, 0.15) is 10.4 Å². The molecule has 0 aromatic heterocycles. The van der Waals surface area contributed by atoms with Gasteiger partial charge in [0, 0.05) is 26.2 Å². The van der Waals surface area contributed by atoms with Crippen molar-refractivity contribution in [2.75, 3.05) is 26.2 Å². The minimum Gasteiger partial charge on any atom is -0.478 e. The minimum absolute atomic E-state index is 0. The first-order valence-electron chi connectivity index (χ1n) is 5.56. The highest BCUT2D eigenvalue weighted by Gasteiger charge is 2.26. The number of rotatable bonds is 3. The number of hydrogen-bond donors (Lipinski definition) is 2. The van der Waals surface area contributed by atoms with Gasteiger partial charge in [0.25, 0.3) is 0 Å². The van der Waals surface area contributed by atoms with E-state index in [-0.39, 0.29) is 22.9 Å². The predicted octanol–water partition coefficient (Wildman–Crippen LogP) is 0.400. The van der Waals surface area contributed by atoms with Gasteiger partial charge >= 0.3 is 5.97 Å². The molecule has 6 nitrogen and oxygen atoms in total. The van der Waals surface area contributed by atoms with E-state index < -0.39 is 16.0 Å². The Hall–Kier alpha value is -1.15. The normalized spacial score (nSPS) is 16.6. The van der Waals surface area contributed by atoms with Gasteiger partial charge in [-0.3, -0.25) is 0 Å². The van der Waals surface area contributed by atoms with Crippen LogP contribution in [0.4, 0.5) is 0 Å². The molecule has 0 aliphatic carbocycles. The van der Waals surface area contributed by atoms with Crippen LogP contribution in [0.5, 0.6) is 0 Å². The van der Waals surface area contributed by atoms with Gasteiger partial charge in [-0.05, 0) is 18.2 Å². The number of nitrogens with one attached hydrogen (secondary N) is 1. The number of sulfonamides is 1. The summed E-state index contributed by atoms with van der Waals surface area (Å²) in [6, 6.07) is 5.43. The first-order chi connectivity index (χ1) is 8.51. The molecule has 1 saturated heterocycles. The van der Waals surface area contributed by atoms with E-state index >= 15 is 0 Å². The first-order valence-corrected chi connectivity index (χ1v) is 7.00. The average Bonchev–Trinajstić information content (AvgIpc) is 2.40. The summed E-state index contributed by atoms with van der Waals surface area (Å²) in [5.41, 5.74) is -0.0220. The quantitative estimate of drug-likeness (QED) is 0.844. The number of carbonyl (C=O) groups is 1. The largest absolute Gasteiger partial charge is 0.478 e. The van der Waals surface area contributed by atoms with Gasteiger partial charge in [-0.1, -0.05) is 6.07 Å². The second-order valence-electron chi connectivity index (χ2n) is 3.99. The number of benzene rings is 1. The molecule has 2 N–H and O–H groups in total. The van der Waals surface area contributed by atoms with Crippen LogP contribution in [0, 0.1) is 0 Å².